The van der Waals surface area contributed by atoms with E-state index < -0.39 is 17.7 Å². The fraction of sp³-hybridized carbons (Fsp3) is 0.360. The van der Waals surface area contributed by atoms with Crippen molar-refractivity contribution in [1.29, 1.82) is 0 Å². The number of amides is 3. The fourth-order valence-corrected chi connectivity index (χ4v) is 4.57. The van der Waals surface area contributed by atoms with Gasteiger partial charge in [0, 0.05) is 31.2 Å². The molecule has 0 aromatic heterocycles. The molecule has 8 heteroatoms. The number of rotatable bonds is 3. The predicted molar refractivity (Wildman–Crippen MR) is 121 cm³/mol. The Morgan fingerprint density at radius 2 is 1.76 bits per heavy atom. The Kier molecular flexibility index (Phi) is 6.91. The minimum Gasteiger partial charge on any atom is -0.465 e. The first-order chi connectivity index (χ1) is 15.9. The Hall–Kier alpha value is -3.42. The molecule has 2 fully saturated rings. The van der Waals surface area contributed by atoms with E-state index in [1.165, 1.54) is 11.0 Å². The molecule has 0 spiro atoms. The van der Waals surface area contributed by atoms with Crippen LogP contribution in [0.4, 0.5) is 18.4 Å². The van der Waals surface area contributed by atoms with Gasteiger partial charge in [-0.3, -0.25) is 0 Å². The molecular formula is C25H27F2N3O3. The summed E-state index contributed by atoms with van der Waals surface area (Å²) in [7, 11) is 0. The van der Waals surface area contributed by atoms with Crippen LogP contribution in [0.25, 0.3) is 6.08 Å². The average molecular weight is 456 g/mol. The van der Waals surface area contributed by atoms with Crippen molar-refractivity contribution in [3.63, 3.8) is 0 Å². The van der Waals surface area contributed by atoms with Gasteiger partial charge in [0.1, 0.15) is 11.6 Å². The summed E-state index contributed by atoms with van der Waals surface area (Å²) >= 11 is 0. The Morgan fingerprint density at radius 3 is 2.45 bits per heavy atom. The smallest absolute Gasteiger partial charge is 0.407 e. The standard InChI is InChI=1S/C25H27F2N3O3/c26-20-6-7-22(27)19(15-20)14-17-8-11-29(12-9-17)24(31)28-21-10-13-30(25(32)33)23(16-21)18-4-2-1-3-5-18/h1-7,14-15,21,23H,8-13,16H2,(H,28,31)(H,32,33). The number of urea groups is 1. The maximum absolute atomic E-state index is 13.9. The zero-order valence-electron chi connectivity index (χ0n) is 18.2. The molecule has 0 aliphatic carbocycles. The second-order valence-corrected chi connectivity index (χ2v) is 8.53. The number of nitrogens with one attached hydrogen (secondary N) is 1. The highest BCUT2D eigenvalue weighted by molar-refractivity contribution is 5.75. The number of halogens is 2. The van der Waals surface area contributed by atoms with Crippen molar-refractivity contribution in [2.75, 3.05) is 19.6 Å². The van der Waals surface area contributed by atoms with Gasteiger partial charge in [-0.1, -0.05) is 42.0 Å². The lowest BCUT2D eigenvalue weighted by Crippen LogP contribution is -2.51. The summed E-state index contributed by atoms with van der Waals surface area (Å²) in [5.74, 6) is -0.951. The maximum atomic E-state index is 13.9. The van der Waals surface area contributed by atoms with Crippen LogP contribution in [0.1, 0.15) is 42.9 Å². The number of likely N-dealkylation sites (tertiary alicyclic amines) is 2. The lowest BCUT2D eigenvalue weighted by molar-refractivity contribution is 0.0960. The molecule has 2 aromatic rings. The van der Waals surface area contributed by atoms with Gasteiger partial charge in [0.05, 0.1) is 6.04 Å². The molecule has 2 heterocycles. The lowest BCUT2D eigenvalue weighted by atomic mass is 9.92. The minimum absolute atomic E-state index is 0.128. The number of hydrogen-bond donors (Lipinski definition) is 2. The van der Waals surface area contributed by atoms with E-state index >= 15 is 0 Å². The van der Waals surface area contributed by atoms with Crippen molar-refractivity contribution < 1.29 is 23.5 Å². The molecular weight excluding hydrogens is 428 g/mol. The molecule has 0 saturated carbocycles. The summed E-state index contributed by atoms with van der Waals surface area (Å²) in [4.78, 5) is 27.7. The first-order valence-corrected chi connectivity index (χ1v) is 11.1. The predicted octanol–water partition coefficient (Wildman–Crippen LogP) is 5.04. The van der Waals surface area contributed by atoms with Gasteiger partial charge < -0.3 is 20.2 Å². The summed E-state index contributed by atoms with van der Waals surface area (Å²) in [6.45, 7) is 1.33. The number of benzene rings is 2. The van der Waals surface area contributed by atoms with Crippen molar-refractivity contribution >= 4 is 18.2 Å². The third kappa shape index (κ3) is 5.50. The van der Waals surface area contributed by atoms with Crippen molar-refractivity contribution in [3.05, 3.63) is 76.9 Å². The monoisotopic (exact) mass is 455 g/mol. The van der Waals surface area contributed by atoms with Crippen LogP contribution < -0.4 is 5.32 Å². The number of piperidine rings is 2. The highest BCUT2D eigenvalue weighted by Gasteiger charge is 2.34. The van der Waals surface area contributed by atoms with Gasteiger partial charge in [-0.2, -0.15) is 0 Å². The normalized spacial score (nSPS) is 21.0. The van der Waals surface area contributed by atoms with Crippen LogP contribution in [-0.2, 0) is 0 Å². The summed E-state index contributed by atoms with van der Waals surface area (Å²) < 4.78 is 27.3. The van der Waals surface area contributed by atoms with E-state index in [0.29, 0.717) is 45.3 Å². The SMILES string of the molecule is O=C(NC1CCN(C(=O)O)C(c2ccccc2)C1)N1CCC(=Cc2cc(F)ccc2F)CC1. The molecule has 0 bridgehead atoms. The molecule has 2 unspecified atom stereocenters. The first-order valence-electron chi connectivity index (χ1n) is 11.1. The van der Waals surface area contributed by atoms with Crippen molar-refractivity contribution in [3.8, 4) is 0 Å². The van der Waals surface area contributed by atoms with Crippen LogP contribution in [-0.4, -0.2) is 52.7 Å². The number of carbonyl (C=O) groups excluding carboxylic acids is 1. The molecule has 2 aliphatic heterocycles. The Balaban J connectivity index is 1.35. The van der Waals surface area contributed by atoms with Crippen LogP contribution in [0.2, 0.25) is 0 Å². The summed E-state index contributed by atoms with van der Waals surface area (Å²) in [5, 5.41) is 12.7. The van der Waals surface area contributed by atoms with Crippen LogP contribution >= 0.6 is 0 Å². The number of carboxylic acid groups (broad SMARTS) is 1. The zero-order chi connectivity index (χ0) is 23.4. The lowest BCUT2D eigenvalue weighted by Gasteiger charge is -2.39. The topological polar surface area (TPSA) is 72.9 Å². The Labute approximate surface area is 191 Å². The molecule has 33 heavy (non-hydrogen) atoms. The Bertz CT molecular complexity index is 1030. The van der Waals surface area contributed by atoms with Crippen molar-refractivity contribution in [2.45, 2.75) is 37.8 Å². The molecule has 2 aliphatic rings. The second-order valence-electron chi connectivity index (χ2n) is 8.53. The maximum Gasteiger partial charge on any atom is 0.407 e. The summed E-state index contributed by atoms with van der Waals surface area (Å²) in [5.41, 5.74) is 2.11. The van der Waals surface area contributed by atoms with Gasteiger partial charge in [-0.25, -0.2) is 18.4 Å². The number of hydrogen-bond acceptors (Lipinski definition) is 2. The third-order valence-electron chi connectivity index (χ3n) is 6.37. The molecule has 2 N–H and O–H groups in total. The van der Waals surface area contributed by atoms with Crippen LogP contribution in [0, 0.1) is 11.6 Å². The molecule has 174 valence electrons. The molecule has 2 aromatic carbocycles. The zero-order valence-corrected chi connectivity index (χ0v) is 18.2. The summed E-state index contributed by atoms with van der Waals surface area (Å²) in [6.07, 6.45) is 2.96. The van der Waals surface area contributed by atoms with E-state index in [1.54, 1.807) is 11.0 Å². The van der Waals surface area contributed by atoms with Crippen LogP contribution in [0.5, 0.6) is 0 Å². The van der Waals surface area contributed by atoms with E-state index in [2.05, 4.69) is 5.32 Å². The van der Waals surface area contributed by atoms with E-state index in [4.69, 9.17) is 0 Å². The number of carbonyl (C=O) groups is 2. The van der Waals surface area contributed by atoms with Gasteiger partial charge in [0.15, 0.2) is 0 Å². The average Bonchev–Trinajstić information content (AvgIpc) is 2.82. The number of nitrogens with zero attached hydrogens (tertiary/aromatic N) is 2. The van der Waals surface area contributed by atoms with Crippen molar-refractivity contribution in [2.24, 2.45) is 0 Å². The molecule has 3 amide bonds. The van der Waals surface area contributed by atoms with Gasteiger partial charge in [0.2, 0.25) is 0 Å². The summed E-state index contributed by atoms with van der Waals surface area (Å²) in [6, 6.07) is 12.2. The van der Waals surface area contributed by atoms with Crippen LogP contribution in [0.3, 0.4) is 0 Å². The quantitative estimate of drug-likeness (QED) is 0.681. The first kappa shape index (κ1) is 22.8. The molecule has 2 saturated heterocycles. The largest absolute Gasteiger partial charge is 0.465 e. The van der Waals surface area contributed by atoms with Gasteiger partial charge in [-0.05, 0) is 49.4 Å². The molecule has 2 atom stereocenters. The van der Waals surface area contributed by atoms with Gasteiger partial charge >= 0.3 is 12.1 Å². The molecule has 4 rings (SSSR count). The van der Waals surface area contributed by atoms with Gasteiger partial charge in [-0.15, -0.1) is 0 Å². The highest BCUT2D eigenvalue weighted by Crippen LogP contribution is 2.31. The van der Waals surface area contributed by atoms with Gasteiger partial charge in [0.25, 0.3) is 0 Å². The minimum atomic E-state index is -0.960. The Morgan fingerprint density at radius 1 is 1.03 bits per heavy atom. The van der Waals surface area contributed by atoms with E-state index in [0.717, 1.165) is 23.3 Å². The molecule has 6 nitrogen and oxygen atoms in total. The van der Waals surface area contributed by atoms with Crippen molar-refractivity contribution in [1.82, 2.24) is 15.1 Å². The third-order valence-corrected chi connectivity index (χ3v) is 6.37. The van der Waals surface area contributed by atoms with E-state index in [1.807, 2.05) is 30.3 Å². The van der Waals surface area contributed by atoms with E-state index in [-0.39, 0.29) is 23.7 Å². The molecule has 0 radical (unpaired) electrons. The fourth-order valence-electron chi connectivity index (χ4n) is 4.57. The van der Waals surface area contributed by atoms with E-state index in [9.17, 15) is 23.5 Å². The second kappa shape index (κ2) is 10.0. The van der Waals surface area contributed by atoms with Crippen LogP contribution in [0.15, 0.2) is 54.1 Å². The highest BCUT2D eigenvalue weighted by atomic mass is 19.1.